The molecule has 24 heavy (non-hydrogen) atoms. The number of nitrogens with zero attached hydrogens (tertiary/aromatic N) is 2. The van der Waals surface area contributed by atoms with Crippen molar-refractivity contribution in [3.8, 4) is 6.07 Å². The Hall–Kier alpha value is -2.00. The standard InChI is InChI=1S/C17H23ClN4O2/c1-17(2,3)24-16(23)21-13-7-5-12(6-8-13)20-14-9-4-11(10-19)15(18)22-14/h4,9,12-13H,5-8H2,1-3H3,(H,20,22)(H,21,23). The SMILES string of the molecule is CC(C)(C)OC(=O)NC1CCC(Nc2ccc(C#N)c(Cl)n2)CC1. The Labute approximate surface area is 147 Å². The van der Waals surface area contributed by atoms with Crippen LogP contribution >= 0.6 is 11.6 Å². The zero-order chi connectivity index (χ0) is 17.7. The van der Waals surface area contributed by atoms with Crippen molar-refractivity contribution < 1.29 is 9.53 Å². The van der Waals surface area contributed by atoms with Gasteiger partial charge in [-0.3, -0.25) is 0 Å². The van der Waals surface area contributed by atoms with Gasteiger partial charge in [0.05, 0.1) is 5.56 Å². The van der Waals surface area contributed by atoms with Crippen LogP contribution in [0.15, 0.2) is 12.1 Å². The fourth-order valence-corrected chi connectivity index (χ4v) is 2.86. The number of nitriles is 1. The number of pyridine rings is 1. The molecular formula is C17H23ClN4O2. The fourth-order valence-electron chi connectivity index (χ4n) is 2.66. The van der Waals surface area contributed by atoms with Crippen LogP contribution in [0.5, 0.6) is 0 Å². The molecule has 130 valence electrons. The molecule has 0 spiro atoms. The number of nitrogens with one attached hydrogen (secondary N) is 2. The third kappa shape index (κ3) is 5.57. The lowest BCUT2D eigenvalue weighted by molar-refractivity contribution is 0.0492. The van der Waals surface area contributed by atoms with E-state index in [1.165, 1.54) is 0 Å². The first kappa shape index (κ1) is 18.3. The van der Waals surface area contributed by atoms with Crippen LogP contribution in [0.1, 0.15) is 52.0 Å². The fraction of sp³-hybridized carbons (Fsp3) is 0.588. The summed E-state index contributed by atoms with van der Waals surface area (Å²) in [5.74, 6) is 0.669. The molecule has 0 atom stereocenters. The first-order valence-corrected chi connectivity index (χ1v) is 8.47. The Morgan fingerprint density at radius 3 is 2.46 bits per heavy atom. The molecule has 0 aliphatic heterocycles. The maximum atomic E-state index is 11.8. The van der Waals surface area contributed by atoms with E-state index in [2.05, 4.69) is 15.6 Å². The second-order valence-electron chi connectivity index (χ2n) is 6.99. The zero-order valence-corrected chi connectivity index (χ0v) is 15.0. The van der Waals surface area contributed by atoms with E-state index in [-0.39, 0.29) is 23.3 Å². The van der Waals surface area contributed by atoms with Crippen molar-refractivity contribution >= 4 is 23.5 Å². The van der Waals surface area contributed by atoms with Crippen molar-refractivity contribution in [1.82, 2.24) is 10.3 Å². The average molecular weight is 351 g/mol. The molecule has 1 aromatic heterocycles. The van der Waals surface area contributed by atoms with Gasteiger partial charge in [-0.2, -0.15) is 5.26 Å². The highest BCUT2D eigenvalue weighted by atomic mass is 35.5. The number of rotatable bonds is 3. The first-order chi connectivity index (χ1) is 11.3. The molecule has 0 bridgehead atoms. The third-order valence-corrected chi connectivity index (χ3v) is 4.06. The molecule has 1 fully saturated rings. The number of carbonyl (C=O) groups excluding carboxylic acids is 1. The van der Waals surface area contributed by atoms with Crippen LogP contribution in [0.25, 0.3) is 0 Å². The summed E-state index contributed by atoms with van der Waals surface area (Å²) in [7, 11) is 0. The summed E-state index contributed by atoms with van der Waals surface area (Å²) in [6, 6.07) is 5.82. The van der Waals surface area contributed by atoms with E-state index >= 15 is 0 Å². The van der Waals surface area contributed by atoms with Crippen molar-refractivity contribution in [3.63, 3.8) is 0 Å². The number of hydrogen-bond acceptors (Lipinski definition) is 5. The summed E-state index contributed by atoms with van der Waals surface area (Å²) < 4.78 is 5.28. The Kier molecular flexibility index (Phi) is 5.89. The Morgan fingerprint density at radius 1 is 1.29 bits per heavy atom. The van der Waals surface area contributed by atoms with Gasteiger partial charge in [0.2, 0.25) is 0 Å². The molecule has 2 rings (SSSR count). The van der Waals surface area contributed by atoms with Gasteiger partial charge in [-0.25, -0.2) is 9.78 Å². The Morgan fingerprint density at radius 2 is 1.92 bits per heavy atom. The van der Waals surface area contributed by atoms with Gasteiger partial charge in [-0.05, 0) is 58.6 Å². The number of aromatic nitrogens is 1. The minimum absolute atomic E-state index is 0.135. The second-order valence-corrected chi connectivity index (χ2v) is 7.34. The average Bonchev–Trinajstić information content (AvgIpc) is 2.47. The maximum absolute atomic E-state index is 11.8. The molecule has 1 saturated carbocycles. The zero-order valence-electron chi connectivity index (χ0n) is 14.2. The summed E-state index contributed by atoms with van der Waals surface area (Å²) in [4.78, 5) is 16.0. The van der Waals surface area contributed by atoms with E-state index in [0.717, 1.165) is 25.7 Å². The Balaban J connectivity index is 1.80. The summed E-state index contributed by atoms with van der Waals surface area (Å²) >= 11 is 5.95. The molecule has 0 unspecified atom stereocenters. The third-order valence-electron chi connectivity index (χ3n) is 3.77. The van der Waals surface area contributed by atoms with E-state index in [1.54, 1.807) is 12.1 Å². The molecule has 1 amide bonds. The predicted octanol–water partition coefficient (Wildman–Crippen LogP) is 3.85. The van der Waals surface area contributed by atoms with Crippen LogP contribution in [0, 0.1) is 11.3 Å². The normalized spacial score (nSPS) is 20.8. The van der Waals surface area contributed by atoms with Gasteiger partial charge >= 0.3 is 6.09 Å². The van der Waals surface area contributed by atoms with Gasteiger partial charge < -0.3 is 15.4 Å². The lowest BCUT2D eigenvalue weighted by Crippen LogP contribution is -2.42. The summed E-state index contributed by atoms with van der Waals surface area (Å²) in [6.45, 7) is 5.55. The van der Waals surface area contributed by atoms with Crippen molar-refractivity contribution in [1.29, 1.82) is 5.26 Å². The van der Waals surface area contributed by atoms with E-state index in [1.807, 2.05) is 26.8 Å². The van der Waals surface area contributed by atoms with Crippen molar-refractivity contribution in [2.75, 3.05) is 5.32 Å². The van der Waals surface area contributed by atoms with Gasteiger partial charge in [0.1, 0.15) is 22.6 Å². The van der Waals surface area contributed by atoms with Crippen LogP contribution in [-0.2, 0) is 4.74 Å². The lowest BCUT2D eigenvalue weighted by atomic mass is 9.91. The molecule has 1 aliphatic carbocycles. The molecule has 0 aromatic carbocycles. The van der Waals surface area contributed by atoms with Crippen LogP contribution in [-0.4, -0.2) is 28.8 Å². The highest BCUT2D eigenvalue weighted by Gasteiger charge is 2.25. The number of anilines is 1. The van der Waals surface area contributed by atoms with Crippen LogP contribution in [0.4, 0.5) is 10.6 Å². The molecule has 6 nitrogen and oxygen atoms in total. The number of hydrogen-bond donors (Lipinski definition) is 2. The number of halogens is 1. The monoisotopic (exact) mass is 350 g/mol. The minimum Gasteiger partial charge on any atom is -0.444 e. The maximum Gasteiger partial charge on any atom is 0.407 e. The molecule has 0 saturated heterocycles. The van der Waals surface area contributed by atoms with Crippen LogP contribution in [0.3, 0.4) is 0 Å². The van der Waals surface area contributed by atoms with E-state index in [0.29, 0.717) is 11.4 Å². The van der Waals surface area contributed by atoms with Crippen LogP contribution in [0.2, 0.25) is 5.15 Å². The van der Waals surface area contributed by atoms with Gasteiger partial charge in [0.15, 0.2) is 0 Å². The number of carbonyl (C=O) groups is 1. The predicted molar refractivity (Wildman–Crippen MR) is 93.0 cm³/mol. The molecule has 1 aliphatic rings. The van der Waals surface area contributed by atoms with E-state index in [9.17, 15) is 4.79 Å². The highest BCUT2D eigenvalue weighted by Crippen LogP contribution is 2.23. The molecule has 1 aromatic rings. The van der Waals surface area contributed by atoms with Gasteiger partial charge in [0.25, 0.3) is 0 Å². The topological polar surface area (TPSA) is 87.0 Å². The molecule has 0 radical (unpaired) electrons. The smallest absolute Gasteiger partial charge is 0.407 e. The second kappa shape index (κ2) is 7.71. The Bertz CT molecular complexity index is 628. The quantitative estimate of drug-likeness (QED) is 0.808. The van der Waals surface area contributed by atoms with Gasteiger partial charge in [-0.1, -0.05) is 11.6 Å². The number of alkyl carbamates (subject to hydrolysis) is 1. The summed E-state index contributed by atoms with van der Waals surface area (Å²) in [5.41, 5.74) is -0.115. The van der Waals surface area contributed by atoms with E-state index in [4.69, 9.17) is 21.6 Å². The molecular weight excluding hydrogens is 328 g/mol. The summed E-state index contributed by atoms with van der Waals surface area (Å²) in [5, 5.41) is 15.3. The molecule has 2 N–H and O–H groups in total. The largest absolute Gasteiger partial charge is 0.444 e. The lowest BCUT2D eigenvalue weighted by Gasteiger charge is -2.30. The van der Waals surface area contributed by atoms with Crippen molar-refractivity contribution in [3.05, 3.63) is 22.8 Å². The van der Waals surface area contributed by atoms with Gasteiger partial charge in [-0.15, -0.1) is 0 Å². The first-order valence-electron chi connectivity index (χ1n) is 8.09. The van der Waals surface area contributed by atoms with Crippen molar-refractivity contribution in [2.24, 2.45) is 0 Å². The molecule has 7 heteroatoms. The van der Waals surface area contributed by atoms with Crippen molar-refractivity contribution in [2.45, 2.75) is 64.1 Å². The highest BCUT2D eigenvalue weighted by molar-refractivity contribution is 6.30. The molecule has 1 heterocycles. The van der Waals surface area contributed by atoms with Gasteiger partial charge in [0, 0.05) is 12.1 Å². The van der Waals surface area contributed by atoms with E-state index < -0.39 is 5.60 Å². The van der Waals surface area contributed by atoms with Crippen LogP contribution < -0.4 is 10.6 Å². The summed E-state index contributed by atoms with van der Waals surface area (Å²) in [6.07, 6.45) is 3.22. The minimum atomic E-state index is -0.483. The number of ether oxygens (including phenoxy) is 1. The number of amides is 1.